The molecule has 0 radical (unpaired) electrons. The average molecular weight is 383 g/mol. The van der Waals surface area contributed by atoms with Crippen LogP contribution in [-0.4, -0.2) is 39.8 Å². The number of rotatable bonds is 5. The minimum atomic E-state index is -4.14. The molecule has 10 nitrogen and oxygen atoms in total. The maximum atomic E-state index is 12.8. The highest BCUT2D eigenvalue weighted by Gasteiger charge is 2.36. The fourth-order valence-electron chi connectivity index (χ4n) is 3.03. The first-order chi connectivity index (χ1) is 12.3. The van der Waals surface area contributed by atoms with Crippen molar-refractivity contribution in [3.8, 4) is 0 Å². The summed E-state index contributed by atoms with van der Waals surface area (Å²) < 4.78 is 37.5. The number of aromatic nitrogens is 4. The Morgan fingerprint density at radius 1 is 1.35 bits per heavy atom. The zero-order valence-electron chi connectivity index (χ0n) is 14.7. The van der Waals surface area contributed by atoms with E-state index in [4.69, 9.17) is 4.74 Å². The predicted molar refractivity (Wildman–Crippen MR) is 92.2 cm³/mol. The number of nitrogens with one attached hydrogen (secondary N) is 1. The highest BCUT2D eigenvalue weighted by atomic mass is 32.2. The molecular weight excluding hydrogens is 362 g/mol. The highest BCUT2D eigenvalue weighted by molar-refractivity contribution is 7.89. The zero-order valence-corrected chi connectivity index (χ0v) is 15.6. The molecule has 2 aromatic heterocycles. The van der Waals surface area contributed by atoms with E-state index in [-0.39, 0.29) is 0 Å². The summed E-state index contributed by atoms with van der Waals surface area (Å²) in [6, 6.07) is -0.561. The summed E-state index contributed by atoms with van der Waals surface area (Å²) in [6.45, 7) is 3.00. The third-order valence-electron chi connectivity index (χ3n) is 4.45. The molecule has 0 aromatic carbocycles. The van der Waals surface area contributed by atoms with Crippen molar-refractivity contribution in [1.82, 2.24) is 23.4 Å². The van der Waals surface area contributed by atoms with Crippen LogP contribution in [-0.2, 0) is 35.4 Å². The van der Waals surface area contributed by atoms with Gasteiger partial charge in [-0.05, 0) is 13.3 Å². The largest absolute Gasteiger partial charge is 0.369 e. The molecule has 0 saturated carbocycles. The van der Waals surface area contributed by atoms with E-state index in [0.717, 1.165) is 15.3 Å². The molecule has 1 N–H and O–H groups in total. The fourth-order valence-corrected chi connectivity index (χ4v) is 4.46. The predicted octanol–water partition coefficient (Wildman–Crippen LogP) is -0.891. The molecule has 3 heterocycles. The Bertz CT molecular complexity index is 1040. The minimum absolute atomic E-state index is 0.375. The molecule has 1 fully saturated rings. The monoisotopic (exact) mass is 383 g/mol. The maximum Gasteiger partial charge on any atom is 0.330 e. The van der Waals surface area contributed by atoms with Crippen molar-refractivity contribution >= 4 is 10.0 Å². The van der Waals surface area contributed by atoms with Crippen LogP contribution in [0.25, 0.3) is 0 Å². The first-order valence-corrected chi connectivity index (χ1v) is 9.66. The van der Waals surface area contributed by atoms with Crippen molar-refractivity contribution < 1.29 is 13.2 Å². The van der Waals surface area contributed by atoms with Crippen molar-refractivity contribution in [2.45, 2.75) is 36.9 Å². The van der Waals surface area contributed by atoms with Crippen molar-refractivity contribution in [3.05, 3.63) is 45.3 Å². The van der Waals surface area contributed by atoms with Gasteiger partial charge in [0.05, 0.1) is 6.04 Å². The average Bonchev–Trinajstić information content (AvgIpc) is 3.23. The van der Waals surface area contributed by atoms with Crippen LogP contribution >= 0.6 is 0 Å². The lowest BCUT2D eigenvalue weighted by Crippen LogP contribution is -2.44. The van der Waals surface area contributed by atoms with Crippen LogP contribution in [0.2, 0.25) is 0 Å². The molecule has 142 valence electrons. The number of imidazole rings is 1. The van der Waals surface area contributed by atoms with Gasteiger partial charge in [0.25, 0.3) is 5.56 Å². The molecule has 1 aliphatic heterocycles. The number of hydrogen-bond donors (Lipinski definition) is 1. The summed E-state index contributed by atoms with van der Waals surface area (Å²) in [5.41, 5.74) is -1.47. The third-order valence-corrected chi connectivity index (χ3v) is 5.92. The van der Waals surface area contributed by atoms with Crippen LogP contribution in [0, 0.1) is 0 Å². The van der Waals surface area contributed by atoms with E-state index in [1.54, 1.807) is 12.4 Å². The zero-order chi connectivity index (χ0) is 19.1. The number of nitrogens with zero attached hydrogens (tertiary/aromatic N) is 4. The van der Waals surface area contributed by atoms with E-state index in [0.29, 0.717) is 25.4 Å². The van der Waals surface area contributed by atoms with Gasteiger partial charge < -0.3 is 13.9 Å². The smallest absolute Gasteiger partial charge is 0.330 e. The molecule has 0 aliphatic carbocycles. The Labute approximate surface area is 150 Å². The van der Waals surface area contributed by atoms with Gasteiger partial charge in [0.1, 0.15) is 11.9 Å². The number of ether oxygens (including phenoxy) is 1. The molecule has 2 aromatic rings. The van der Waals surface area contributed by atoms with Gasteiger partial charge in [-0.15, -0.1) is 0 Å². The molecule has 0 amide bonds. The molecule has 1 aliphatic rings. The normalized spacial score (nSPS) is 20.6. The molecular formula is C15H21N5O5S. The topological polar surface area (TPSA) is 117 Å². The molecule has 0 unspecified atom stereocenters. The summed E-state index contributed by atoms with van der Waals surface area (Å²) >= 11 is 0. The van der Waals surface area contributed by atoms with E-state index in [1.165, 1.54) is 14.1 Å². The Morgan fingerprint density at radius 3 is 2.77 bits per heavy atom. The van der Waals surface area contributed by atoms with Crippen molar-refractivity contribution in [2.24, 2.45) is 14.1 Å². The van der Waals surface area contributed by atoms with Gasteiger partial charge in [0, 0.05) is 45.8 Å². The van der Waals surface area contributed by atoms with Crippen LogP contribution in [0.1, 0.15) is 25.3 Å². The van der Waals surface area contributed by atoms with Crippen LogP contribution in [0.3, 0.4) is 0 Å². The third kappa shape index (κ3) is 3.13. The van der Waals surface area contributed by atoms with Crippen LogP contribution in [0.4, 0.5) is 0 Å². The van der Waals surface area contributed by atoms with Gasteiger partial charge in [0.15, 0.2) is 4.90 Å². The first kappa shape index (κ1) is 18.5. The summed E-state index contributed by atoms with van der Waals surface area (Å²) in [7, 11) is -1.51. The molecule has 11 heteroatoms. The fraction of sp³-hybridized carbons (Fsp3) is 0.533. The molecule has 26 heavy (non-hydrogen) atoms. The molecule has 0 bridgehead atoms. The van der Waals surface area contributed by atoms with Crippen molar-refractivity contribution in [3.63, 3.8) is 0 Å². The second-order valence-corrected chi connectivity index (χ2v) is 7.81. The number of sulfonamides is 1. The Balaban J connectivity index is 1.95. The number of hydrogen-bond acceptors (Lipinski definition) is 6. The van der Waals surface area contributed by atoms with Crippen molar-refractivity contribution in [2.75, 3.05) is 6.61 Å². The summed E-state index contributed by atoms with van der Waals surface area (Å²) in [6.07, 6.45) is 4.37. The van der Waals surface area contributed by atoms with E-state index < -0.39 is 38.3 Å². The van der Waals surface area contributed by atoms with Crippen LogP contribution in [0.15, 0.2) is 33.1 Å². The van der Waals surface area contributed by atoms with E-state index in [9.17, 15) is 18.0 Å². The molecule has 2 atom stereocenters. The Morgan fingerprint density at radius 2 is 2.08 bits per heavy atom. The molecule has 1 saturated heterocycles. The lowest BCUT2D eigenvalue weighted by Gasteiger charge is -2.20. The van der Waals surface area contributed by atoms with Crippen molar-refractivity contribution in [1.29, 1.82) is 0 Å². The quantitative estimate of drug-likeness (QED) is 0.716. The molecule has 0 spiro atoms. The highest BCUT2D eigenvalue weighted by Crippen LogP contribution is 2.29. The maximum absolute atomic E-state index is 12.8. The van der Waals surface area contributed by atoms with E-state index in [2.05, 4.69) is 9.71 Å². The van der Waals surface area contributed by atoms with E-state index in [1.807, 2.05) is 11.5 Å². The lowest BCUT2D eigenvalue weighted by atomic mass is 10.1. The second-order valence-electron chi connectivity index (χ2n) is 6.13. The van der Waals surface area contributed by atoms with Crippen LogP contribution < -0.4 is 16.0 Å². The Hall–Kier alpha value is -2.24. The van der Waals surface area contributed by atoms with Crippen LogP contribution in [0.5, 0.6) is 0 Å². The van der Waals surface area contributed by atoms with Gasteiger partial charge in [0.2, 0.25) is 10.0 Å². The lowest BCUT2D eigenvalue weighted by molar-refractivity contribution is 0.0925. The van der Waals surface area contributed by atoms with Gasteiger partial charge in [-0.1, -0.05) is 0 Å². The van der Waals surface area contributed by atoms with Gasteiger partial charge in [-0.3, -0.25) is 9.36 Å². The summed E-state index contributed by atoms with van der Waals surface area (Å²) in [5, 5.41) is 0. The standard InChI is InChI=1S/C15H21N5O5S/c1-4-20-7-6-16-13(20)12-10(5-8-25-12)17-26(23,24)11-9-18(2)15(22)19(3)14(11)21/h6-7,9-10,12,17H,4-5,8H2,1-3H3/t10-,12-/m1/s1. The van der Waals surface area contributed by atoms with Gasteiger partial charge in [-0.2, -0.15) is 0 Å². The first-order valence-electron chi connectivity index (χ1n) is 8.18. The second kappa shape index (κ2) is 6.82. The van der Waals surface area contributed by atoms with E-state index >= 15 is 0 Å². The molecule has 3 rings (SSSR count). The SMILES string of the molecule is CCn1ccnc1[C@@H]1OCC[C@H]1NS(=O)(=O)c1cn(C)c(=O)n(C)c1=O. The number of aryl methyl sites for hydroxylation is 2. The Kier molecular flexibility index (Phi) is 4.86. The summed E-state index contributed by atoms with van der Waals surface area (Å²) in [4.78, 5) is 27.8. The summed E-state index contributed by atoms with van der Waals surface area (Å²) in [5.74, 6) is 0.631. The van der Waals surface area contributed by atoms with Gasteiger partial charge in [-0.25, -0.2) is 22.9 Å². The van der Waals surface area contributed by atoms with Gasteiger partial charge >= 0.3 is 5.69 Å². The minimum Gasteiger partial charge on any atom is -0.369 e.